The zero-order valence-electron chi connectivity index (χ0n) is 11.5. The molecule has 0 saturated carbocycles. The summed E-state index contributed by atoms with van der Waals surface area (Å²) in [5.74, 6) is -0.416. The number of hydroxylamine groups is 2. The molecule has 3 rings (SSSR count). The zero-order valence-corrected chi connectivity index (χ0v) is 11.5. The van der Waals surface area contributed by atoms with Gasteiger partial charge < -0.3 is 4.74 Å². The van der Waals surface area contributed by atoms with Crippen LogP contribution in [0.3, 0.4) is 0 Å². The van der Waals surface area contributed by atoms with E-state index in [9.17, 15) is 9.59 Å². The molecule has 0 aliphatic carbocycles. The fourth-order valence-electron chi connectivity index (χ4n) is 2.95. The van der Waals surface area contributed by atoms with E-state index in [4.69, 9.17) is 9.57 Å². The fraction of sp³-hybridized carbons (Fsp3) is 0.467. The Hall–Kier alpha value is -1.72. The minimum atomic E-state index is -1.00. The highest BCUT2D eigenvalue weighted by Gasteiger charge is 2.60. The van der Waals surface area contributed by atoms with Gasteiger partial charge in [-0.2, -0.15) is 5.06 Å². The Morgan fingerprint density at radius 3 is 2.70 bits per heavy atom. The van der Waals surface area contributed by atoms with Gasteiger partial charge in [-0.25, -0.2) is 4.79 Å². The first kappa shape index (κ1) is 13.3. The summed E-state index contributed by atoms with van der Waals surface area (Å²) in [5.41, 5.74) is -0.199. The Labute approximate surface area is 117 Å². The van der Waals surface area contributed by atoms with E-state index < -0.39 is 11.6 Å². The van der Waals surface area contributed by atoms with Crippen LogP contribution < -0.4 is 0 Å². The highest BCUT2D eigenvalue weighted by Crippen LogP contribution is 2.45. The maximum Gasteiger partial charge on any atom is 0.333 e. The molecule has 20 heavy (non-hydrogen) atoms. The van der Waals surface area contributed by atoms with E-state index in [1.807, 2.05) is 37.3 Å². The second-order valence-corrected chi connectivity index (χ2v) is 5.41. The van der Waals surface area contributed by atoms with Crippen molar-refractivity contribution in [1.29, 1.82) is 0 Å². The van der Waals surface area contributed by atoms with Gasteiger partial charge in [0.15, 0.2) is 11.3 Å². The maximum atomic E-state index is 12.5. The molecule has 0 spiro atoms. The van der Waals surface area contributed by atoms with Gasteiger partial charge in [-0.3, -0.25) is 9.63 Å². The molecule has 0 unspecified atom stereocenters. The van der Waals surface area contributed by atoms with Gasteiger partial charge in [0, 0.05) is 6.42 Å². The summed E-state index contributed by atoms with van der Waals surface area (Å²) in [6, 6.07) is 9.29. The minimum Gasteiger partial charge on any atom is -0.462 e. The molecule has 2 aliphatic rings. The molecule has 1 aromatic rings. The van der Waals surface area contributed by atoms with Crippen molar-refractivity contribution in [3.8, 4) is 0 Å². The normalized spacial score (nSPS) is 33.6. The number of ether oxygens (including phenoxy) is 1. The van der Waals surface area contributed by atoms with E-state index in [2.05, 4.69) is 0 Å². The number of esters is 1. The fourth-order valence-corrected chi connectivity index (χ4v) is 2.95. The van der Waals surface area contributed by atoms with Crippen molar-refractivity contribution >= 4 is 11.8 Å². The highest BCUT2D eigenvalue weighted by molar-refractivity contribution is 5.87. The average Bonchev–Trinajstić information content (AvgIpc) is 2.87. The van der Waals surface area contributed by atoms with Crippen LogP contribution in [0.15, 0.2) is 30.3 Å². The van der Waals surface area contributed by atoms with Gasteiger partial charge in [0.1, 0.15) is 12.7 Å². The number of morpholine rings is 1. The van der Waals surface area contributed by atoms with Crippen LogP contribution in [-0.4, -0.2) is 35.6 Å². The van der Waals surface area contributed by atoms with Gasteiger partial charge in [0.05, 0.1) is 6.04 Å². The van der Waals surface area contributed by atoms with Gasteiger partial charge in [0.25, 0.3) is 0 Å². The quantitative estimate of drug-likeness (QED) is 0.764. The lowest BCUT2D eigenvalue weighted by Crippen LogP contribution is -2.57. The monoisotopic (exact) mass is 275 g/mol. The molecule has 1 aromatic carbocycles. The second-order valence-electron chi connectivity index (χ2n) is 5.41. The van der Waals surface area contributed by atoms with Crippen LogP contribution in [0.1, 0.15) is 25.8 Å². The molecular weight excluding hydrogens is 258 g/mol. The van der Waals surface area contributed by atoms with Crippen molar-refractivity contribution in [1.82, 2.24) is 5.06 Å². The zero-order chi connectivity index (χ0) is 14.3. The molecule has 3 atom stereocenters. The first-order valence-corrected chi connectivity index (χ1v) is 6.75. The number of benzene rings is 1. The van der Waals surface area contributed by atoms with Crippen LogP contribution in [-0.2, 0) is 24.7 Å². The van der Waals surface area contributed by atoms with E-state index in [0.29, 0.717) is 6.42 Å². The maximum absolute atomic E-state index is 12.5. The third-order valence-corrected chi connectivity index (χ3v) is 4.00. The Kier molecular flexibility index (Phi) is 3.11. The van der Waals surface area contributed by atoms with Crippen molar-refractivity contribution in [2.45, 2.75) is 38.0 Å². The third kappa shape index (κ3) is 1.77. The van der Waals surface area contributed by atoms with Crippen LogP contribution in [0.25, 0.3) is 0 Å². The lowest BCUT2D eigenvalue weighted by atomic mass is 9.83. The minimum absolute atomic E-state index is 0.0743. The third-order valence-electron chi connectivity index (χ3n) is 4.00. The van der Waals surface area contributed by atoms with E-state index in [0.717, 1.165) is 5.56 Å². The molecule has 2 fully saturated rings. The molecule has 0 N–H and O–H groups in total. The summed E-state index contributed by atoms with van der Waals surface area (Å²) in [4.78, 5) is 29.9. The van der Waals surface area contributed by atoms with Crippen LogP contribution in [0, 0.1) is 0 Å². The smallest absolute Gasteiger partial charge is 0.333 e. The molecule has 0 amide bonds. The van der Waals surface area contributed by atoms with E-state index in [1.165, 1.54) is 6.92 Å². The van der Waals surface area contributed by atoms with Crippen molar-refractivity contribution in [3.63, 3.8) is 0 Å². The van der Waals surface area contributed by atoms with Gasteiger partial charge >= 0.3 is 5.97 Å². The van der Waals surface area contributed by atoms with Crippen LogP contribution >= 0.6 is 0 Å². The highest BCUT2D eigenvalue weighted by atomic mass is 16.7. The number of cyclic esters (lactones) is 1. The summed E-state index contributed by atoms with van der Waals surface area (Å²) in [5, 5.41) is 1.65. The predicted molar refractivity (Wildman–Crippen MR) is 70.6 cm³/mol. The summed E-state index contributed by atoms with van der Waals surface area (Å²) in [6.45, 7) is 3.68. The number of carbonyl (C=O) groups is 2. The van der Waals surface area contributed by atoms with Crippen LogP contribution in [0.4, 0.5) is 0 Å². The van der Waals surface area contributed by atoms with Crippen molar-refractivity contribution in [2.75, 3.05) is 6.61 Å². The molecular formula is C15H17NO4. The lowest BCUT2D eigenvalue weighted by Gasteiger charge is -2.41. The molecule has 2 aliphatic heterocycles. The largest absolute Gasteiger partial charge is 0.462 e. The molecule has 0 bridgehead atoms. The topological polar surface area (TPSA) is 55.8 Å². The number of nitrogens with zero attached hydrogens (tertiary/aromatic N) is 1. The molecule has 106 valence electrons. The molecule has 0 aromatic heterocycles. The number of Topliss-reactive ketones (excluding diaryl/α,β-unsaturated/α-hetero) is 1. The average molecular weight is 275 g/mol. The Morgan fingerprint density at radius 1 is 1.35 bits per heavy atom. The van der Waals surface area contributed by atoms with Crippen LogP contribution in [0.2, 0.25) is 0 Å². The Morgan fingerprint density at radius 2 is 2.05 bits per heavy atom. The molecule has 5 nitrogen and oxygen atoms in total. The van der Waals surface area contributed by atoms with Gasteiger partial charge in [-0.1, -0.05) is 30.3 Å². The van der Waals surface area contributed by atoms with Gasteiger partial charge in [-0.15, -0.1) is 0 Å². The number of fused-ring (bicyclic) bond motifs is 1. The first-order valence-electron chi connectivity index (χ1n) is 6.75. The molecule has 0 radical (unpaired) electrons. The van der Waals surface area contributed by atoms with Crippen molar-refractivity contribution in [3.05, 3.63) is 35.9 Å². The van der Waals surface area contributed by atoms with Crippen molar-refractivity contribution in [2.24, 2.45) is 0 Å². The van der Waals surface area contributed by atoms with Gasteiger partial charge in [0.2, 0.25) is 0 Å². The summed E-state index contributed by atoms with van der Waals surface area (Å²) in [7, 11) is 0. The first-order chi connectivity index (χ1) is 9.55. The number of carbonyl (C=O) groups excluding carboxylic acids is 2. The molecule has 2 saturated heterocycles. The number of ketones is 1. The SMILES string of the molecule is CC(=O)[C@@H]1C[C@@]2(c3ccccc3)C(=O)OC[C@H](C)N2O1. The number of hydrogen-bond donors (Lipinski definition) is 0. The lowest BCUT2D eigenvalue weighted by molar-refractivity contribution is -0.246. The summed E-state index contributed by atoms with van der Waals surface area (Å²) >= 11 is 0. The van der Waals surface area contributed by atoms with E-state index >= 15 is 0 Å². The standard InChI is InChI=1S/C15H17NO4/c1-10-9-19-14(18)15(12-6-4-3-5-7-12)8-13(11(2)17)20-16(10)15/h3-7,10,13H,8-9H2,1-2H3/t10-,13-,15+/m0/s1. The van der Waals surface area contributed by atoms with Crippen molar-refractivity contribution < 1.29 is 19.2 Å². The summed E-state index contributed by atoms with van der Waals surface area (Å²) < 4.78 is 5.32. The second kappa shape index (κ2) is 4.68. The number of rotatable bonds is 2. The molecule has 2 heterocycles. The van der Waals surface area contributed by atoms with Crippen LogP contribution in [0.5, 0.6) is 0 Å². The molecule has 5 heteroatoms. The summed E-state index contributed by atoms with van der Waals surface area (Å²) in [6.07, 6.45) is -0.293. The Balaban J connectivity index is 2.10. The Bertz CT molecular complexity index is 544. The number of hydrogen-bond acceptors (Lipinski definition) is 5. The van der Waals surface area contributed by atoms with E-state index in [-0.39, 0.29) is 24.4 Å². The predicted octanol–water partition coefficient (Wildman–Crippen LogP) is 1.42. The van der Waals surface area contributed by atoms with Gasteiger partial charge in [-0.05, 0) is 19.4 Å². The van der Waals surface area contributed by atoms with E-state index in [1.54, 1.807) is 5.06 Å².